The molecule has 3 heteroatoms. The molecule has 29 heavy (non-hydrogen) atoms. The summed E-state index contributed by atoms with van der Waals surface area (Å²) in [6, 6.07) is 0. The van der Waals surface area contributed by atoms with Gasteiger partial charge in [-0.15, -0.1) is 0 Å². The van der Waals surface area contributed by atoms with Gasteiger partial charge in [-0.25, -0.2) is 0 Å². The summed E-state index contributed by atoms with van der Waals surface area (Å²) in [4.78, 5) is 0. The molecule has 164 valence electrons. The maximum Gasteiger partial charge on any atom is 0.0875 e. The maximum atomic E-state index is 10.6. The Hall–Kier alpha value is -0.900. The standard InChI is InChI=1S/C26H42O3/c1-5-26(28,6-2)18-29-19(3)23-14-15-24-21(10-8-16-25(23,24)4)13-12-20-9-7-11-22(27)17-20/h12-14,19,22,24,27-28H,5-11,15-18H2,1-4H3/b20-12-,21-13+. The molecule has 4 unspecified atom stereocenters. The summed E-state index contributed by atoms with van der Waals surface area (Å²) in [5.74, 6) is 0.568. The Morgan fingerprint density at radius 2 is 2.00 bits per heavy atom. The Morgan fingerprint density at radius 3 is 2.69 bits per heavy atom. The van der Waals surface area contributed by atoms with Gasteiger partial charge < -0.3 is 14.9 Å². The van der Waals surface area contributed by atoms with E-state index in [2.05, 4.69) is 32.1 Å². The van der Waals surface area contributed by atoms with Gasteiger partial charge in [0.2, 0.25) is 0 Å². The van der Waals surface area contributed by atoms with E-state index in [1.807, 2.05) is 13.8 Å². The van der Waals surface area contributed by atoms with E-state index in [4.69, 9.17) is 4.74 Å². The molecule has 0 bridgehead atoms. The number of rotatable bonds is 7. The van der Waals surface area contributed by atoms with E-state index < -0.39 is 5.60 Å². The van der Waals surface area contributed by atoms with Gasteiger partial charge in [-0.05, 0) is 88.0 Å². The van der Waals surface area contributed by atoms with Gasteiger partial charge in [0, 0.05) is 0 Å². The summed E-state index contributed by atoms with van der Waals surface area (Å²) in [5.41, 5.74) is 3.88. The number of aliphatic hydroxyl groups is 2. The highest BCUT2D eigenvalue weighted by Crippen LogP contribution is 2.55. The molecule has 2 N–H and O–H groups in total. The van der Waals surface area contributed by atoms with E-state index in [1.54, 1.807) is 5.57 Å². The van der Waals surface area contributed by atoms with Crippen LogP contribution < -0.4 is 0 Å². The average Bonchev–Trinajstić information content (AvgIpc) is 3.08. The van der Waals surface area contributed by atoms with Crippen LogP contribution in [0.25, 0.3) is 0 Å². The fourth-order valence-electron chi connectivity index (χ4n) is 5.75. The number of hydrogen-bond acceptors (Lipinski definition) is 3. The molecule has 3 aliphatic rings. The fraction of sp³-hybridized carbons (Fsp3) is 0.769. The Bertz CT molecular complexity index is 655. The summed E-state index contributed by atoms with van der Waals surface area (Å²) in [7, 11) is 0. The van der Waals surface area contributed by atoms with E-state index in [-0.39, 0.29) is 17.6 Å². The molecule has 3 nitrogen and oxygen atoms in total. The van der Waals surface area contributed by atoms with Gasteiger partial charge in [0.25, 0.3) is 0 Å². The van der Waals surface area contributed by atoms with Gasteiger partial charge in [-0.1, -0.05) is 50.1 Å². The van der Waals surface area contributed by atoms with Crippen LogP contribution in [0.3, 0.4) is 0 Å². The first-order valence-electron chi connectivity index (χ1n) is 11.9. The minimum Gasteiger partial charge on any atom is -0.393 e. The topological polar surface area (TPSA) is 49.7 Å². The normalized spacial score (nSPS) is 34.3. The van der Waals surface area contributed by atoms with Crippen molar-refractivity contribution in [2.75, 3.05) is 6.61 Å². The van der Waals surface area contributed by atoms with Gasteiger partial charge in [0.05, 0.1) is 24.4 Å². The van der Waals surface area contributed by atoms with Crippen LogP contribution in [0.5, 0.6) is 0 Å². The molecular formula is C26H42O3. The Labute approximate surface area is 177 Å². The Morgan fingerprint density at radius 1 is 1.24 bits per heavy atom. The predicted molar refractivity (Wildman–Crippen MR) is 120 cm³/mol. The molecule has 0 aromatic heterocycles. The second kappa shape index (κ2) is 9.49. The molecular weight excluding hydrogens is 360 g/mol. The van der Waals surface area contributed by atoms with Gasteiger partial charge in [-0.2, -0.15) is 0 Å². The van der Waals surface area contributed by atoms with Crippen molar-refractivity contribution in [3.63, 3.8) is 0 Å². The van der Waals surface area contributed by atoms with Crippen molar-refractivity contribution in [2.24, 2.45) is 11.3 Å². The third kappa shape index (κ3) is 5.06. The van der Waals surface area contributed by atoms with Crippen LogP contribution in [0.4, 0.5) is 0 Å². The second-order valence-corrected chi connectivity index (χ2v) is 9.92. The summed E-state index contributed by atoms with van der Waals surface area (Å²) >= 11 is 0. The molecule has 0 aromatic rings. The molecule has 2 fully saturated rings. The van der Waals surface area contributed by atoms with E-state index >= 15 is 0 Å². The first-order valence-corrected chi connectivity index (χ1v) is 11.9. The number of allylic oxidation sites excluding steroid dienone is 4. The molecule has 3 aliphatic carbocycles. The minimum absolute atomic E-state index is 0.0563. The van der Waals surface area contributed by atoms with Crippen molar-refractivity contribution in [1.29, 1.82) is 0 Å². The Kier molecular flexibility index (Phi) is 7.46. The van der Waals surface area contributed by atoms with Crippen LogP contribution >= 0.6 is 0 Å². The van der Waals surface area contributed by atoms with Crippen molar-refractivity contribution in [3.8, 4) is 0 Å². The number of ether oxygens (including phenoxy) is 1. The third-order valence-corrected chi connectivity index (χ3v) is 8.03. The largest absolute Gasteiger partial charge is 0.393 e. The molecule has 0 amide bonds. The highest BCUT2D eigenvalue weighted by Gasteiger charge is 2.46. The summed E-state index contributed by atoms with van der Waals surface area (Å²) < 4.78 is 6.21. The van der Waals surface area contributed by atoms with Crippen LogP contribution in [-0.4, -0.2) is 34.6 Å². The first kappa shape index (κ1) is 22.8. The molecule has 0 spiro atoms. The number of aliphatic hydroxyl groups excluding tert-OH is 1. The van der Waals surface area contributed by atoms with Gasteiger partial charge in [-0.3, -0.25) is 0 Å². The van der Waals surface area contributed by atoms with Crippen molar-refractivity contribution in [3.05, 3.63) is 34.9 Å². The van der Waals surface area contributed by atoms with Crippen LogP contribution in [0.15, 0.2) is 34.9 Å². The zero-order valence-corrected chi connectivity index (χ0v) is 19.0. The Balaban J connectivity index is 1.69. The second-order valence-electron chi connectivity index (χ2n) is 9.92. The smallest absolute Gasteiger partial charge is 0.0875 e. The molecule has 3 rings (SSSR count). The zero-order valence-electron chi connectivity index (χ0n) is 19.0. The lowest BCUT2D eigenvalue weighted by Crippen LogP contribution is -2.38. The molecule has 0 radical (unpaired) electrons. The molecule has 0 aliphatic heterocycles. The zero-order chi connectivity index (χ0) is 21.1. The van der Waals surface area contributed by atoms with Gasteiger partial charge >= 0.3 is 0 Å². The number of hydrogen-bond donors (Lipinski definition) is 2. The van der Waals surface area contributed by atoms with Crippen molar-refractivity contribution in [2.45, 2.75) is 110 Å². The molecule has 0 saturated heterocycles. The summed E-state index contributed by atoms with van der Waals surface area (Å²) in [6.07, 6.45) is 17.2. The number of fused-ring (bicyclic) bond motifs is 1. The van der Waals surface area contributed by atoms with E-state index in [0.29, 0.717) is 12.5 Å². The van der Waals surface area contributed by atoms with Crippen LogP contribution in [0, 0.1) is 11.3 Å². The molecule has 2 saturated carbocycles. The first-order chi connectivity index (χ1) is 13.8. The monoisotopic (exact) mass is 402 g/mol. The lowest BCUT2D eigenvalue weighted by molar-refractivity contribution is -0.0687. The van der Waals surface area contributed by atoms with Crippen LogP contribution in [-0.2, 0) is 4.74 Å². The quantitative estimate of drug-likeness (QED) is 0.524. The third-order valence-electron chi connectivity index (χ3n) is 8.03. The van der Waals surface area contributed by atoms with Crippen LogP contribution in [0.1, 0.15) is 91.9 Å². The summed E-state index contributed by atoms with van der Waals surface area (Å²) in [6.45, 7) is 9.06. The highest BCUT2D eigenvalue weighted by molar-refractivity contribution is 5.35. The minimum atomic E-state index is -0.706. The summed E-state index contributed by atoms with van der Waals surface area (Å²) in [5, 5.41) is 20.5. The van der Waals surface area contributed by atoms with E-state index in [9.17, 15) is 10.2 Å². The fourth-order valence-corrected chi connectivity index (χ4v) is 5.75. The van der Waals surface area contributed by atoms with Crippen LogP contribution in [0.2, 0.25) is 0 Å². The van der Waals surface area contributed by atoms with Crippen molar-refractivity contribution in [1.82, 2.24) is 0 Å². The average molecular weight is 403 g/mol. The van der Waals surface area contributed by atoms with Crippen molar-refractivity contribution >= 4 is 0 Å². The van der Waals surface area contributed by atoms with Gasteiger partial charge in [0.1, 0.15) is 0 Å². The maximum absolute atomic E-state index is 10.6. The van der Waals surface area contributed by atoms with Gasteiger partial charge in [0.15, 0.2) is 0 Å². The van der Waals surface area contributed by atoms with E-state index in [0.717, 1.165) is 44.9 Å². The molecule has 0 aromatic carbocycles. The lowest BCUT2D eigenvalue weighted by atomic mass is 9.63. The lowest BCUT2D eigenvalue weighted by Gasteiger charge is -2.42. The molecule has 4 atom stereocenters. The van der Waals surface area contributed by atoms with E-state index in [1.165, 1.54) is 30.4 Å². The highest BCUT2D eigenvalue weighted by atomic mass is 16.5. The van der Waals surface area contributed by atoms with Crippen molar-refractivity contribution < 1.29 is 14.9 Å². The predicted octanol–water partition coefficient (Wildman–Crippen LogP) is 5.87. The SMILES string of the molecule is CCC(O)(CC)COC(C)C1=CCC2/C(=C/C=C3/CCCC(O)C3)CCCC12C. The molecule has 0 heterocycles.